The summed E-state index contributed by atoms with van der Waals surface area (Å²) in [6, 6.07) is 13.7. The SMILES string of the molecule is CNC(=O)C1(COC)CCCN1C(=O)COc1ccc2ccccc2c1. The molecule has 1 aliphatic rings. The van der Waals surface area contributed by atoms with Crippen LogP contribution in [0.3, 0.4) is 0 Å². The fourth-order valence-corrected chi connectivity index (χ4v) is 3.65. The van der Waals surface area contributed by atoms with Crippen molar-refractivity contribution in [1.82, 2.24) is 10.2 Å². The number of fused-ring (bicyclic) bond motifs is 1. The zero-order valence-electron chi connectivity index (χ0n) is 15.2. The number of carbonyl (C=O) groups is 2. The molecule has 2 aromatic rings. The summed E-state index contributed by atoms with van der Waals surface area (Å²) >= 11 is 0. The van der Waals surface area contributed by atoms with Crippen molar-refractivity contribution in [2.75, 3.05) is 33.9 Å². The predicted molar refractivity (Wildman–Crippen MR) is 99.1 cm³/mol. The van der Waals surface area contributed by atoms with Gasteiger partial charge in [0, 0.05) is 20.7 Å². The minimum atomic E-state index is -0.951. The van der Waals surface area contributed by atoms with E-state index in [9.17, 15) is 9.59 Å². The monoisotopic (exact) mass is 356 g/mol. The molecule has 1 atom stereocenters. The normalized spacial score (nSPS) is 19.5. The van der Waals surface area contributed by atoms with E-state index in [1.165, 1.54) is 7.11 Å². The number of benzene rings is 2. The van der Waals surface area contributed by atoms with Crippen molar-refractivity contribution in [3.8, 4) is 5.75 Å². The van der Waals surface area contributed by atoms with Crippen molar-refractivity contribution < 1.29 is 19.1 Å². The van der Waals surface area contributed by atoms with Gasteiger partial charge in [-0.25, -0.2) is 0 Å². The van der Waals surface area contributed by atoms with Crippen molar-refractivity contribution in [3.05, 3.63) is 42.5 Å². The second-order valence-corrected chi connectivity index (χ2v) is 6.49. The maximum Gasteiger partial charge on any atom is 0.261 e. The number of likely N-dealkylation sites (tertiary alicyclic amines) is 1. The van der Waals surface area contributed by atoms with E-state index in [1.807, 2.05) is 42.5 Å². The van der Waals surface area contributed by atoms with Gasteiger partial charge in [-0.15, -0.1) is 0 Å². The van der Waals surface area contributed by atoms with Gasteiger partial charge in [-0.05, 0) is 35.7 Å². The smallest absolute Gasteiger partial charge is 0.261 e. The molecule has 1 N–H and O–H groups in total. The molecule has 1 unspecified atom stereocenters. The van der Waals surface area contributed by atoms with Gasteiger partial charge in [-0.2, -0.15) is 0 Å². The van der Waals surface area contributed by atoms with Crippen LogP contribution in [-0.2, 0) is 14.3 Å². The third kappa shape index (κ3) is 3.37. The minimum absolute atomic E-state index is 0.110. The molecular formula is C20H24N2O4. The Hall–Kier alpha value is -2.60. The average Bonchev–Trinajstić information content (AvgIpc) is 3.10. The quantitative estimate of drug-likeness (QED) is 0.859. The lowest BCUT2D eigenvalue weighted by Gasteiger charge is -2.36. The Balaban J connectivity index is 1.72. The lowest BCUT2D eigenvalue weighted by atomic mass is 9.95. The van der Waals surface area contributed by atoms with Gasteiger partial charge >= 0.3 is 0 Å². The van der Waals surface area contributed by atoms with Gasteiger partial charge in [-0.3, -0.25) is 9.59 Å². The van der Waals surface area contributed by atoms with Crippen molar-refractivity contribution in [1.29, 1.82) is 0 Å². The van der Waals surface area contributed by atoms with Crippen LogP contribution >= 0.6 is 0 Å². The number of nitrogens with one attached hydrogen (secondary N) is 1. The van der Waals surface area contributed by atoms with Crippen molar-refractivity contribution in [2.24, 2.45) is 0 Å². The van der Waals surface area contributed by atoms with Crippen molar-refractivity contribution in [3.63, 3.8) is 0 Å². The molecule has 0 bridgehead atoms. The second-order valence-electron chi connectivity index (χ2n) is 6.49. The molecule has 0 radical (unpaired) electrons. The Morgan fingerprint density at radius 3 is 2.69 bits per heavy atom. The van der Waals surface area contributed by atoms with Crippen LogP contribution in [0.25, 0.3) is 10.8 Å². The standard InChI is InChI=1S/C20H24N2O4/c1-21-19(24)20(14-25-2)10-5-11-22(20)18(23)13-26-17-9-8-15-6-3-4-7-16(15)12-17/h3-4,6-9,12H,5,10-11,13-14H2,1-2H3,(H,21,24). The van der Waals surface area contributed by atoms with Crippen LogP contribution in [0.2, 0.25) is 0 Å². The van der Waals surface area contributed by atoms with Gasteiger partial charge < -0.3 is 19.7 Å². The van der Waals surface area contributed by atoms with Crippen molar-refractivity contribution in [2.45, 2.75) is 18.4 Å². The van der Waals surface area contributed by atoms with Gasteiger partial charge in [-0.1, -0.05) is 30.3 Å². The molecule has 0 saturated carbocycles. The summed E-state index contributed by atoms with van der Waals surface area (Å²) in [7, 11) is 3.11. The topological polar surface area (TPSA) is 67.9 Å². The van der Waals surface area contributed by atoms with Gasteiger partial charge in [0.15, 0.2) is 6.61 Å². The number of hydrogen-bond acceptors (Lipinski definition) is 4. The molecule has 2 amide bonds. The minimum Gasteiger partial charge on any atom is -0.484 e. The van der Waals surface area contributed by atoms with Crippen LogP contribution in [0, 0.1) is 0 Å². The molecule has 138 valence electrons. The fourth-order valence-electron chi connectivity index (χ4n) is 3.65. The summed E-state index contributed by atoms with van der Waals surface area (Å²) in [4.78, 5) is 26.8. The molecule has 6 heteroatoms. The van der Waals surface area contributed by atoms with Gasteiger partial charge in [0.1, 0.15) is 11.3 Å². The van der Waals surface area contributed by atoms with Crippen LogP contribution in [0.1, 0.15) is 12.8 Å². The van der Waals surface area contributed by atoms with Crippen LogP contribution in [0.5, 0.6) is 5.75 Å². The lowest BCUT2D eigenvalue weighted by Crippen LogP contribution is -2.60. The maximum atomic E-state index is 12.8. The van der Waals surface area contributed by atoms with E-state index in [0.717, 1.165) is 17.2 Å². The van der Waals surface area contributed by atoms with Gasteiger partial charge in [0.25, 0.3) is 5.91 Å². The third-order valence-corrected chi connectivity index (χ3v) is 4.91. The summed E-state index contributed by atoms with van der Waals surface area (Å²) in [5, 5.41) is 4.83. The molecule has 1 heterocycles. The molecule has 1 aliphatic heterocycles. The van der Waals surface area contributed by atoms with Gasteiger partial charge in [0.2, 0.25) is 5.91 Å². The Labute approximate surface area is 153 Å². The molecule has 26 heavy (non-hydrogen) atoms. The zero-order chi connectivity index (χ0) is 18.6. The number of likely N-dealkylation sites (N-methyl/N-ethyl adjacent to an activating group) is 1. The number of methoxy groups -OCH3 is 1. The molecule has 3 rings (SSSR count). The highest BCUT2D eigenvalue weighted by atomic mass is 16.5. The summed E-state index contributed by atoms with van der Waals surface area (Å²) in [5.74, 6) is 0.223. The fraction of sp³-hybridized carbons (Fsp3) is 0.400. The first-order chi connectivity index (χ1) is 12.6. The molecule has 1 fully saturated rings. The molecular weight excluding hydrogens is 332 g/mol. The zero-order valence-corrected chi connectivity index (χ0v) is 15.2. The van der Waals surface area contributed by atoms with Gasteiger partial charge in [0.05, 0.1) is 6.61 Å². The van der Waals surface area contributed by atoms with E-state index >= 15 is 0 Å². The summed E-state index contributed by atoms with van der Waals surface area (Å²) in [5.41, 5.74) is -0.951. The second kappa shape index (κ2) is 7.74. The van der Waals surface area contributed by atoms with Crippen LogP contribution in [0.4, 0.5) is 0 Å². The van der Waals surface area contributed by atoms with Crippen LogP contribution in [0.15, 0.2) is 42.5 Å². The Kier molecular flexibility index (Phi) is 5.42. The van der Waals surface area contributed by atoms with E-state index < -0.39 is 5.54 Å². The largest absolute Gasteiger partial charge is 0.484 e. The van der Waals surface area contributed by atoms with Crippen molar-refractivity contribution >= 4 is 22.6 Å². The lowest BCUT2D eigenvalue weighted by molar-refractivity contribution is -0.149. The van der Waals surface area contributed by atoms with E-state index in [4.69, 9.17) is 9.47 Å². The molecule has 1 saturated heterocycles. The van der Waals surface area contributed by atoms with Crippen LogP contribution in [-0.4, -0.2) is 56.2 Å². The molecule has 0 aliphatic carbocycles. The highest BCUT2D eigenvalue weighted by Crippen LogP contribution is 2.30. The summed E-state index contributed by atoms with van der Waals surface area (Å²) in [6.45, 7) is 0.589. The number of ether oxygens (including phenoxy) is 2. The Bertz CT molecular complexity index is 807. The predicted octanol–water partition coefficient (Wildman–Crippen LogP) is 1.97. The van der Waals surface area contributed by atoms with E-state index in [2.05, 4.69) is 5.32 Å². The average molecular weight is 356 g/mol. The first kappa shape index (κ1) is 18.2. The number of hydrogen-bond donors (Lipinski definition) is 1. The summed E-state index contributed by atoms with van der Waals surface area (Å²) in [6.07, 6.45) is 1.35. The van der Waals surface area contributed by atoms with E-state index in [1.54, 1.807) is 11.9 Å². The molecule has 0 aromatic heterocycles. The number of nitrogens with zero attached hydrogens (tertiary/aromatic N) is 1. The number of carbonyl (C=O) groups excluding carboxylic acids is 2. The molecule has 0 spiro atoms. The number of amides is 2. The third-order valence-electron chi connectivity index (χ3n) is 4.91. The summed E-state index contributed by atoms with van der Waals surface area (Å²) < 4.78 is 11.0. The number of rotatable bonds is 6. The van der Waals surface area contributed by atoms with E-state index in [-0.39, 0.29) is 25.0 Å². The highest BCUT2D eigenvalue weighted by Gasteiger charge is 2.49. The Morgan fingerprint density at radius 1 is 1.19 bits per heavy atom. The van der Waals surface area contributed by atoms with Crippen LogP contribution < -0.4 is 10.1 Å². The molecule has 2 aromatic carbocycles. The highest BCUT2D eigenvalue weighted by molar-refractivity contribution is 5.92. The Morgan fingerprint density at radius 2 is 1.96 bits per heavy atom. The first-order valence-corrected chi connectivity index (χ1v) is 8.74. The van der Waals surface area contributed by atoms with E-state index in [0.29, 0.717) is 18.7 Å². The first-order valence-electron chi connectivity index (χ1n) is 8.74. The molecule has 6 nitrogen and oxygen atoms in total. The maximum absolute atomic E-state index is 12.8.